The number of benzene rings is 1. The molecule has 0 bridgehead atoms. The summed E-state index contributed by atoms with van der Waals surface area (Å²) in [5.41, 5.74) is 3.02. The molecule has 6 nitrogen and oxygen atoms in total. The summed E-state index contributed by atoms with van der Waals surface area (Å²) in [5, 5.41) is 13.2. The molecule has 1 aromatic rings. The minimum atomic E-state index is -0.539. The average Bonchev–Trinajstić information content (AvgIpc) is 2.52. The van der Waals surface area contributed by atoms with E-state index in [1.54, 1.807) is 11.9 Å². The lowest BCUT2D eigenvalue weighted by atomic mass is 10.1. The molecular formula is C18H30N4O2. The second kappa shape index (κ2) is 8.46. The van der Waals surface area contributed by atoms with Crippen molar-refractivity contribution in [2.75, 3.05) is 58.7 Å². The van der Waals surface area contributed by atoms with Crippen LogP contribution in [0.1, 0.15) is 11.1 Å². The third kappa shape index (κ3) is 5.47. The number of hydrogen-bond acceptors (Lipinski definition) is 4. The lowest BCUT2D eigenvalue weighted by Crippen LogP contribution is -2.49. The first-order valence-corrected chi connectivity index (χ1v) is 8.53. The number of aryl methyl sites for hydroxylation is 2. The van der Waals surface area contributed by atoms with Crippen LogP contribution in [0.2, 0.25) is 0 Å². The first-order chi connectivity index (χ1) is 11.3. The summed E-state index contributed by atoms with van der Waals surface area (Å²) in [5.74, 6) is 0. The highest BCUT2D eigenvalue weighted by atomic mass is 16.3. The van der Waals surface area contributed by atoms with E-state index >= 15 is 0 Å². The molecule has 0 aliphatic carbocycles. The van der Waals surface area contributed by atoms with Gasteiger partial charge in [-0.3, -0.25) is 4.90 Å². The van der Waals surface area contributed by atoms with Crippen LogP contribution < -0.4 is 5.32 Å². The largest absolute Gasteiger partial charge is 0.390 e. The maximum absolute atomic E-state index is 12.3. The fourth-order valence-electron chi connectivity index (χ4n) is 2.95. The van der Waals surface area contributed by atoms with Gasteiger partial charge in [-0.1, -0.05) is 17.7 Å². The molecule has 1 heterocycles. The van der Waals surface area contributed by atoms with Crippen molar-refractivity contribution in [2.24, 2.45) is 0 Å². The number of aliphatic hydroxyl groups is 1. The van der Waals surface area contributed by atoms with Gasteiger partial charge in [-0.25, -0.2) is 4.79 Å². The number of carbonyl (C=O) groups is 1. The molecule has 6 heteroatoms. The Hall–Kier alpha value is -1.63. The van der Waals surface area contributed by atoms with E-state index < -0.39 is 6.10 Å². The number of β-amino-alcohol motifs (C(OH)–C–C–N with tert-alkyl or cyclic N) is 1. The molecule has 1 aromatic carbocycles. The van der Waals surface area contributed by atoms with Gasteiger partial charge in [0.05, 0.1) is 6.10 Å². The van der Waals surface area contributed by atoms with Crippen LogP contribution in [0.25, 0.3) is 0 Å². The SMILES string of the molecule is Cc1ccc(NC(=O)N(C)CC(O)CN2CCN(C)CC2)c(C)c1. The highest BCUT2D eigenvalue weighted by Gasteiger charge is 2.19. The van der Waals surface area contributed by atoms with Gasteiger partial charge in [0.15, 0.2) is 0 Å². The number of anilines is 1. The number of rotatable bonds is 5. The zero-order chi connectivity index (χ0) is 17.7. The minimum absolute atomic E-state index is 0.195. The molecule has 0 aromatic heterocycles. The van der Waals surface area contributed by atoms with Crippen molar-refractivity contribution >= 4 is 11.7 Å². The monoisotopic (exact) mass is 334 g/mol. The number of hydrogen-bond donors (Lipinski definition) is 2. The quantitative estimate of drug-likeness (QED) is 0.854. The smallest absolute Gasteiger partial charge is 0.321 e. The zero-order valence-electron chi connectivity index (χ0n) is 15.2. The number of amides is 2. The molecular weight excluding hydrogens is 304 g/mol. The Labute approximate surface area is 145 Å². The number of nitrogens with one attached hydrogen (secondary N) is 1. The van der Waals surface area contributed by atoms with Gasteiger partial charge in [-0.15, -0.1) is 0 Å². The molecule has 0 spiro atoms. The number of piperazine rings is 1. The van der Waals surface area contributed by atoms with E-state index in [-0.39, 0.29) is 6.03 Å². The van der Waals surface area contributed by atoms with E-state index in [9.17, 15) is 9.90 Å². The van der Waals surface area contributed by atoms with E-state index in [0.29, 0.717) is 13.1 Å². The van der Waals surface area contributed by atoms with Crippen LogP contribution in [0.4, 0.5) is 10.5 Å². The van der Waals surface area contributed by atoms with Crippen molar-refractivity contribution in [1.82, 2.24) is 14.7 Å². The fourth-order valence-corrected chi connectivity index (χ4v) is 2.95. The van der Waals surface area contributed by atoms with Crippen molar-refractivity contribution in [3.05, 3.63) is 29.3 Å². The van der Waals surface area contributed by atoms with Gasteiger partial charge >= 0.3 is 6.03 Å². The summed E-state index contributed by atoms with van der Waals surface area (Å²) in [6.45, 7) is 8.91. The normalized spacial score (nSPS) is 17.5. The third-order valence-electron chi connectivity index (χ3n) is 4.52. The van der Waals surface area contributed by atoms with Crippen LogP contribution in [-0.2, 0) is 0 Å². The molecule has 24 heavy (non-hydrogen) atoms. The highest BCUT2D eigenvalue weighted by molar-refractivity contribution is 5.90. The number of aliphatic hydroxyl groups excluding tert-OH is 1. The third-order valence-corrected chi connectivity index (χ3v) is 4.52. The summed E-state index contributed by atoms with van der Waals surface area (Å²) < 4.78 is 0. The second-order valence-electron chi connectivity index (χ2n) is 6.89. The summed E-state index contributed by atoms with van der Waals surface area (Å²) in [7, 11) is 3.82. The summed E-state index contributed by atoms with van der Waals surface area (Å²) >= 11 is 0. The molecule has 134 valence electrons. The van der Waals surface area contributed by atoms with Crippen molar-refractivity contribution in [3.63, 3.8) is 0 Å². The Morgan fingerprint density at radius 2 is 1.96 bits per heavy atom. The molecule has 1 unspecified atom stereocenters. The Morgan fingerprint density at radius 3 is 2.58 bits per heavy atom. The molecule has 2 rings (SSSR count). The Balaban J connectivity index is 1.80. The van der Waals surface area contributed by atoms with Gasteiger partial charge in [-0.2, -0.15) is 0 Å². The molecule has 0 saturated carbocycles. The summed E-state index contributed by atoms with van der Waals surface area (Å²) in [4.78, 5) is 18.4. The number of nitrogens with zero attached hydrogens (tertiary/aromatic N) is 3. The highest BCUT2D eigenvalue weighted by Crippen LogP contribution is 2.16. The number of urea groups is 1. The van der Waals surface area contributed by atoms with Gasteiger partial charge in [-0.05, 0) is 32.5 Å². The van der Waals surface area contributed by atoms with Gasteiger partial charge in [0.25, 0.3) is 0 Å². The molecule has 1 atom stereocenters. The average molecular weight is 334 g/mol. The van der Waals surface area contributed by atoms with Crippen LogP contribution in [0, 0.1) is 13.8 Å². The maximum atomic E-state index is 12.3. The first kappa shape index (κ1) is 18.7. The van der Waals surface area contributed by atoms with Crippen LogP contribution in [-0.4, -0.2) is 85.3 Å². The maximum Gasteiger partial charge on any atom is 0.321 e. The van der Waals surface area contributed by atoms with Crippen LogP contribution in [0.5, 0.6) is 0 Å². The van der Waals surface area contributed by atoms with Gasteiger partial charge < -0.3 is 20.2 Å². The molecule has 1 aliphatic heterocycles. The van der Waals surface area contributed by atoms with Gasteiger partial charge in [0, 0.05) is 52.0 Å². The molecule has 2 amide bonds. The van der Waals surface area contributed by atoms with Crippen molar-refractivity contribution in [3.8, 4) is 0 Å². The minimum Gasteiger partial charge on any atom is -0.390 e. The number of carbonyl (C=O) groups excluding carboxylic acids is 1. The van der Waals surface area contributed by atoms with E-state index in [2.05, 4.69) is 22.2 Å². The van der Waals surface area contributed by atoms with E-state index in [4.69, 9.17) is 0 Å². The molecule has 1 fully saturated rings. The number of likely N-dealkylation sites (N-methyl/N-ethyl adjacent to an activating group) is 2. The summed E-state index contributed by atoms with van der Waals surface area (Å²) in [6.07, 6.45) is -0.539. The van der Waals surface area contributed by atoms with Gasteiger partial charge in [0.2, 0.25) is 0 Å². The van der Waals surface area contributed by atoms with E-state index in [0.717, 1.165) is 37.4 Å². The topological polar surface area (TPSA) is 59.1 Å². The van der Waals surface area contributed by atoms with Crippen molar-refractivity contribution in [1.29, 1.82) is 0 Å². The van der Waals surface area contributed by atoms with E-state index in [1.165, 1.54) is 5.56 Å². The molecule has 0 radical (unpaired) electrons. The Bertz CT molecular complexity index is 556. The van der Waals surface area contributed by atoms with Crippen molar-refractivity contribution < 1.29 is 9.90 Å². The lowest BCUT2D eigenvalue weighted by molar-refractivity contribution is 0.0670. The predicted molar refractivity (Wildman–Crippen MR) is 97.5 cm³/mol. The summed E-state index contributed by atoms with van der Waals surface area (Å²) in [6, 6.07) is 5.74. The van der Waals surface area contributed by atoms with Crippen molar-refractivity contribution in [2.45, 2.75) is 20.0 Å². The zero-order valence-corrected chi connectivity index (χ0v) is 15.2. The van der Waals surface area contributed by atoms with Gasteiger partial charge in [0.1, 0.15) is 0 Å². The first-order valence-electron chi connectivity index (χ1n) is 8.53. The second-order valence-corrected chi connectivity index (χ2v) is 6.89. The standard InChI is InChI=1S/C18H30N4O2/c1-14-5-6-17(15(2)11-14)19-18(24)21(4)12-16(23)13-22-9-7-20(3)8-10-22/h5-6,11,16,23H,7-10,12-13H2,1-4H3,(H,19,24). The molecule has 2 N–H and O–H groups in total. The Morgan fingerprint density at radius 1 is 1.29 bits per heavy atom. The Kier molecular flexibility index (Phi) is 6.60. The molecule has 1 aliphatic rings. The van der Waals surface area contributed by atoms with E-state index in [1.807, 2.05) is 32.0 Å². The van der Waals surface area contributed by atoms with Crippen LogP contribution >= 0.6 is 0 Å². The lowest BCUT2D eigenvalue weighted by Gasteiger charge is -2.34. The van der Waals surface area contributed by atoms with Crippen LogP contribution in [0.3, 0.4) is 0 Å². The molecule has 1 saturated heterocycles. The van der Waals surface area contributed by atoms with Crippen LogP contribution in [0.15, 0.2) is 18.2 Å². The predicted octanol–water partition coefficient (Wildman–Crippen LogP) is 1.38. The fraction of sp³-hybridized carbons (Fsp3) is 0.611.